The predicted molar refractivity (Wildman–Crippen MR) is 99.3 cm³/mol. The van der Waals surface area contributed by atoms with Crippen LogP contribution in [-0.4, -0.2) is 51.8 Å². The molecule has 0 radical (unpaired) electrons. The molecule has 24 heavy (non-hydrogen) atoms. The summed E-state index contributed by atoms with van der Waals surface area (Å²) in [5, 5.41) is 9.56. The molecule has 0 unspecified atom stereocenters. The van der Waals surface area contributed by atoms with E-state index in [1.807, 2.05) is 6.92 Å². The van der Waals surface area contributed by atoms with Crippen molar-refractivity contribution in [3.63, 3.8) is 0 Å². The lowest BCUT2D eigenvalue weighted by Crippen LogP contribution is -2.44. The van der Waals surface area contributed by atoms with E-state index in [4.69, 9.17) is 4.74 Å². The normalized spacial score (nSPS) is 16.9. The molecule has 3 N–H and O–H groups in total. The molecule has 1 rings (SSSR count). The number of nitrogens with one attached hydrogen (secondary N) is 3. The van der Waals surface area contributed by atoms with Gasteiger partial charge in [-0.1, -0.05) is 19.8 Å². The van der Waals surface area contributed by atoms with Crippen LogP contribution in [0.5, 0.6) is 0 Å². The summed E-state index contributed by atoms with van der Waals surface area (Å²) >= 11 is 0. The van der Waals surface area contributed by atoms with Gasteiger partial charge in [0.05, 0.1) is 0 Å². The molecule has 0 bridgehead atoms. The molecule has 0 spiro atoms. The molecule has 6 nitrogen and oxygen atoms in total. The van der Waals surface area contributed by atoms with Crippen LogP contribution in [0.2, 0.25) is 0 Å². The van der Waals surface area contributed by atoms with Crippen molar-refractivity contribution >= 4 is 11.9 Å². The molecule has 1 fully saturated rings. The fraction of sp³-hybridized carbons (Fsp3) is 0.889. The van der Waals surface area contributed by atoms with Gasteiger partial charge in [0.1, 0.15) is 0 Å². The van der Waals surface area contributed by atoms with Crippen molar-refractivity contribution in [2.75, 3.05) is 39.9 Å². The maximum absolute atomic E-state index is 11.6. The lowest BCUT2D eigenvalue weighted by Gasteiger charge is -2.30. The Kier molecular flexibility index (Phi) is 10.5. The Morgan fingerprint density at radius 3 is 2.50 bits per heavy atom. The first-order chi connectivity index (χ1) is 11.7. The molecular formula is C18H36N4O2. The summed E-state index contributed by atoms with van der Waals surface area (Å²) in [5.41, 5.74) is 0.325. The molecule has 0 aliphatic heterocycles. The van der Waals surface area contributed by atoms with Gasteiger partial charge in [0, 0.05) is 46.3 Å². The molecule has 0 saturated heterocycles. The number of carbonyl (C=O) groups is 1. The van der Waals surface area contributed by atoms with Crippen molar-refractivity contribution in [2.24, 2.45) is 10.4 Å². The van der Waals surface area contributed by atoms with Crippen LogP contribution in [0.3, 0.4) is 0 Å². The van der Waals surface area contributed by atoms with E-state index in [1.165, 1.54) is 25.7 Å². The summed E-state index contributed by atoms with van der Waals surface area (Å²) in [7, 11) is 1.77. The average molecular weight is 341 g/mol. The second kappa shape index (κ2) is 12.1. The zero-order chi connectivity index (χ0) is 17.7. The molecule has 6 heteroatoms. The molecule has 1 aliphatic carbocycles. The third-order valence-corrected chi connectivity index (χ3v) is 4.72. The molecular weight excluding hydrogens is 304 g/mol. The summed E-state index contributed by atoms with van der Waals surface area (Å²) in [5.74, 6) is 0.866. The van der Waals surface area contributed by atoms with Gasteiger partial charge in [0.25, 0.3) is 0 Å². The summed E-state index contributed by atoms with van der Waals surface area (Å²) < 4.78 is 5.56. The van der Waals surface area contributed by atoms with Gasteiger partial charge in [-0.15, -0.1) is 0 Å². The lowest BCUT2D eigenvalue weighted by atomic mass is 9.83. The number of amides is 1. The monoisotopic (exact) mass is 340 g/mol. The first-order valence-corrected chi connectivity index (χ1v) is 9.44. The Morgan fingerprint density at radius 2 is 1.88 bits per heavy atom. The van der Waals surface area contributed by atoms with Gasteiger partial charge in [-0.2, -0.15) is 0 Å². The molecule has 1 aliphatic rings. The molecule has 0 heterocycles. The van der Waals surface area contributed by atoms with Crippen molar-refractivity contribution in [1.82, 2.24) is 16.0 Å². The number of hydrogen-bond donors (Lipinski definition) is 3. The number of guanidine groups is 1. The summed E-state index contributed by atoms with van der Waals surface area (Å²) in [6.45, 7) is 7.97. The van der Waals surface area contributed by atoms with Crippen molar-refractivity contribution in [1.29, 1.82) is 0 Å². The third kappa shape index (κ3) is 7.99. The molecule has 0 aromatic rings. The minimum atomic E-state index is 0.0868. The Balaban J connectivity index is 2.31. The average Bonchev–Trinajstić information content (AvgIpc) is 3.05. The molecule has 1 saturated carbocycles. The number of hydrogen-bond acceptors (Lipinski definition) is 3. The van der Waals surface area contributed by atoms with E-state index in [0.29, 0.717) is 18.4 Å². The second-order valence-corrected chi connectivity index (χ2v) is 6.61. The highest BCUT2D eigenvalue weighted by molar-refractivity contribution is 5.81. The van der Waals surface area contributed by atoms with E-state index in [9.17, 15) is 4.79 Å². The number of nitrogens with zero attached hydrogens (tertiary/aromatic N) is 1. The molecule has 0 aromatic heterocycles. The number of ether oxygens (including phenoxy) is 1. The van der Waals surface area contributed by atoms with Crippen LogP contribution in [0.4, 0.5) is 0 Å². The fourth-order valence-electron chi connectivity index (χ4n) is 3.21. The van der Waals surface area contributed by atoms with Crippen LogP contribution in [0.15, 0.2) is 4.99 Å². The van der Waals surface area contributed by atoms with E-state index >= 15 is 0 Å². The first kappa shape index (κ1) is 20.7. The number of carbonyl (C=O) groups excluding carboxylic acids is 1. The highest BCUT2D eigenvalue weighted by atomic mass is 16.5. The van der Waals surface area contributed by atoms with Gasteiger partial charge in [-0.25, -0.2) is 0 Å². The van der Waals surface area contributed by atoms with Gasteiger partial charge >= 0.3 is 0 Å². The van der Waals surface area contributed by atoms with Gasteiger partial charge in [-0.3, -0.25) is 9.79 Å². The number of rotatable bonds is 11. The Bertz CT molecular complexity index is 379. The SMILES string of the molecule is CCCNC(=O)CCNC(=NC)NCC1(CCOCC)CCCC1. The Labute approximate surface area is 147 Å². The quantitative estimate of drug-likeness (QED) is 0.306. The topological polar surface area (TPSA) is 74.8 Å². The summed E-state index contributed by atoms with van der Waals surface area (Å²) in [4.78, 5) is 15.9. The zero-order valence-electron chi connectivity index (χ0n) is 15.7. The second-order valence-electron chi connectivity index (χ2n) is 6.61. The van der Waals surface area contributed by atoms with Crippen LogP contribution >= 0.6 is 0 Å². The predicted octanol–water partition coefficient (Wildman–Crippen LogP) is 2.05. The molecule has 1 amide bonds. The van der Waals surface area contributed by atoms with Crippen LogP contribution in [-0.2, 0) is 9.53 Å². The van der Waals surface area contributed by atoms with Crippen LogP contribution in [0, 0.1) is 5.41 Å². The summed E-state index contributed by atoms with van der Waals surface area (Å²) in [6.07, 6.45) is 7.65. The third-order valence-electron chi connectivity index (χ3n) is 4.72. The van der Waals surface area contributed by atoms with E-state index in [-0.39, 0.29) is 5.91 Å². The molecule has 140 valence electrons. The van der Waals surface area contributed by atoms with Gasteiger partial charge in [0.15, 0.2) is 5.96 Å². The van der Waals surface area contributed by atoms with Crippen molar-refractivity contribution in [3.05, 3.63) is 0 Å². The van der Waals surface area contributed by atoms with Crippen molar-refractivity contribution in [3.8, 4) is 0 Å². The largest absolute Gasteiger partial charge is 0.382 e. The summed E-state index contributed by atoms with van der Waals surface area (Å²) in [6, 6.07) is 0. The molecule has 0 atom stereocenters. The highest BCUT2D eigenvalue weighted by Gasteiger charge is 2.33. The minimum Gasteiger partial charge on any atom is -0.382 e. The fourth-order valence-corrected chi connectivity index (χ4v) is 3.21. The van der Waals surface area contributed by atoms with Crippen LogP contribution in [0.25, 0.3) is 0 Å². The maximum atomic E-state index is 11.6. The van der Waals surface area contributed by atoms with E-state index in [0.717, 1.165) is 45.1 Å². The van der Waals surface area contributed by atoms with E-state index < -0.39 is 0 Å². The minimum absolute atomic E-state index is 0.0868. The smallest absolute Gasteiger partial charge is 0.221 e. The van der Waals surface area contributed by atoms with Crippen LogP contribution in [0.1, 0.15) is 58.8 Å². The van der Waals surface area contributed by atoms with Crippen LogP contribution < -0.4 is 16.0 Å². The maximum Gasteiger partial charge on any atom is 0.221 e. The van der Waals surface area contributed by atoms with Crippen molar-refractivity contribution in [2.45, 2.75) is 58.8 Å². The van der Waals surface area contributed by atoms with E-state index in [1.54, 1.807) is 7.05 Å². The number of aliphatic imine (C=N–C) groups is 1. The van der Waals surface area contributed by atoms with Gasteiger partial charge in [0.2, 0.25) is 5.91 Å². The van der Waals surface area contributed by atoms with Gasteiger partial charge in [-0.05, 0) is 38.0 Å². The molecule has 0 aromatic carbocycles. The first-order valence-electron chi connectivity index (χ1n) is 9.44. The van der Waals surface area contributed by atoms with Gasteiger partial charge < -0.3 is 20.7 Å². The van der Waals surface area contributed by atoms with E-state index in [2.05, 4.69) is 27.9 Å². The standard InChI is InChI=1S/C18H36N4O2/c1-4-12-20-16(23)8-13-21-17(19-3)22-15-18(9-6-7-10-18)11-14-24-5-2/h4-15H2,1-3H3,(H,20,23)(H2,19,21,22). The zero-order valence-corrected chi connectivity index (χ0v) is 15.7. The Hall–Kier alpha value is -1.30. The van der Waals surface area contributed by atoms with Crippen molar-refractivity contribution < 1.29 is 9.53 Å². The Morgan fingerprint density at radius 1 is 1.12 bits per heavy atom. The lowest BCUT2D eigenvalue weighted by molar-refractivity contribution is -0.120. The highest BCUT2D eigenvalue weighted by Crippen LogP contribution is 2.40.